The van der Waals surface area contributed by atoms with Crippen LogP contribution in [-0.4, -0.2) is 27.2 Å². The molecular weight excluding hydrogens is 323 g/mol. The van der Waals surface area contributed by atoms with Gasteiger partial charge in [-0.05, 0) is 25.0 Å². The molecule has 0 saturated carbocycles. The predicted octanol–water partition coefficient (Wildman–Crippen LogP) is 2.48. The molecule has 9 heteroatoms. The lowest BCUT2D eigenvalue weighted by Crippen LogP contribution is -2.31. The molecule has 0 unspecified atom stereocenters. The van der Waals surface area contributed by atoms with Gasteiger partial charge in [-0.15, -0.1) is 0 Å². The third kappa shape index (κ3) is 4.16. The summed E-state index contributed by atoms with van der Waals surface area (Å²) in [4.78, 5) is 14.6. The highest BCUT2D eigenvalue weighted by molar-refractivity contribution is 5.92. The number of aromatic nitrogens is 3. The van der Waals surface area contributed by atoms with E-state index < -0.39 is 17.8 Å². The maximum absolute atomic E-state index is 12.9. The molecule has 6 nitrogen and oxygen atoms in total. The van der Waals surface area contributed by atoms with Crippen LogP contribution < -0.4 is 5.32 Å². The van der Waals surface area contributed by atoms with Crippen LogP contribution in [0.1, 0.15) is 34.4 Å². The smallest absolute Gasteiger partial charge is 0.356 e. The van der Waals surface area contributed by atoms with Crippen molar-refractivity contribution in [2.75, 3.05) is 6.54 Å². The van der Waals surface area contributed by atoms with Crippen LogP contribution in [-0.2, 0) is 12.7 Å². The van der Waals surface area contributed by atoms with E-state index in [1.165, 1.54) is 19.2 Å². The van der Waals surface area contributed by atoms with Gasteiger partial charge < -0.3 is 10.3 Å². The van der Waals surface area contributed by atoms with Crippen LogP contribution in [0.25, 0.3) is 0 Å². The van der Waals surface area contributed by atoms with E-state index in [4.69, 9.17) is 5.26 Å². The Morgan fingerprint density at radius 3 is 2.79 bits per heavy atom. The third-order valence-electron chi connectivity index (χ3n) is 3.34. The summed E-state index contributed by atoms with van der Waals surface area (Å²) in [5, 5.41) is 15.2. The fourth-order valence-corrected chi connectivity index (χ4v) is 2.22. The zero-order chi connectivity index (χ0) is 17.9. The lowest BCUT2D eigenvalue weighted by molar-refractivity contribution is -0.144. The zero-order valence-electron chi connectivity index (χ0n) is 13.1. The molecule has 0 spiro atoms. The Morgan fingerprint density at radius 1 is 1.50 bits per heavy atom. The van der Waals surface area contributed by atoms with Gasteiger partial charge in [0.1, 0.15) is 17.5 Å². The quantitative estimate of drug-likeness (QED) is 0.877. The molecule has 0 aromatic carbocycles. The van der Waals surface area contributed by atoms with E-state index in [0.717, 1.165) is 10.7 Å². The van der Waals surface area contributed by atoms with Gasteiger partial charge in [-0.3, -0.25) is 9.48 Å². The number of rotatable bonds is 5. The van der Waals surface area contributed by atoms with Gasteiger partial charge in [0, 0.05) is 19.3 Å². The number of carbonyl (C=O) groups excluding carboxylic acids is 1. The van der Waals surface area contributed by atoms with Crippen molar-refractivity contribution in [1.29, 1.82) is 5.26 Å². The van der Waals surface area contributed by atoms with Crippen LogP contribution in [0.2, 0.25) is 0 Å². The number of aryl methyl sites for hydroxylation is 1. The van der Waals surface area contributed by atoms with Crippen molar-refractivity contribution in [3.8, 4) is 6.07 Å². The molecule has 0 radical (unpaired) electrons. The molecule has 2 aromatic heterocycles. The maximum atomic E-state index is 12.9. The number of nitrogens with one attached hydrogen (secondary N) is 2. The number of hydrogen-bond donors (Lipinski definition) is 2. The molecule has 0 saturated heterocycles. The van der Waals surface area contributed by atoms with E-state index >= 15 is 0 Å². The summed E-state index contributed by atoms with van der Waals surface area (Å²) in [6.45, 7) is 3.41. The highest BCUT2D eigenvalue weighted by atomic mass is 19.4. The molecular formula is C15H16F3N5O. The lowest BCUT2D eigenvalue weighted by Gasteiger charge is -2.15. The number of alkyl halides is 3. The zero-order valence-corrected chi connectivity index (χ0v) is 13.1. The Balaban J connectivity index is 1.95. The maximum Gasteiger partial charge on any atom is 0.433 e. The first-order valence-corrected chi connectivity index (χ1v) is 7.19. The SMILES string of the molecule is Cc1cc(C(F)(F)F)n(C[C@H](C)CNC(=O)c2cc(C#N)c[nH]2)n1. The Bertz CT molecular complexity index is 769. The number of hydrogen-bond acceptors (Lipinski definition) is 3. The van der Waals surface area contributed by atoms with E-state index in [2.05, 4.69) is 15.4 Å². The Labute approximate surface area is 136 Å². The summed E-state index contributed by atoms with van der Waals surface area (Å²) in [5.74, 6) is -0.684. The van der Waals surface area contributed by atoms with Crippen molar-refractivity contribution in [3.63, 3.8) is 0 Å². The second-order valence-corrected chi connectivity index (χ2v) is 5.58. The van der Waals surface area contributed by atoms with E-state index in [0.29, 0.717) is 5.56 Å². The third-order valence-corrected chi connectivity index (χ3v) is 3.34. The number of halogens is 3. The number of nitrogens with zero attached hydrogens (tertiary/aromatic N) is 3. The van der Waals surface area contributed by atoms with Gasteiger partial charge in [0.25, 0.3) is 5.91 Å². The predicted molar refractivity (Wildman–Crippen MR) is 79.0 cm³/mol. The van der Waals surface area contributed by atoms with Gasteiger partial charge in [-0.25, -0.2) is 0 Å². The minimum atomic E-state index is -4.47. The molecule has 128 valence electrons. The van der Waals surface area contributed by atoms with Gasteiger partial charge >= 0.3 is 6.18 Å². The van der Waals surface area contributed by atoms with Crippen molar-refractivity contribution >= 4 is 5.91 Å². The molecule has 0 aliphatic rings. The Hall–Kier alpha value is -2.76. The molecule has 2 aromatic rings. The minimum Gasteiger partial charge on any atom is -0.356 e. The summed E-state index contributed by atoms with van der Waals surface area (Å²) in [6.07, 6.45) is -3.07. The van der Waals surface area contributed by atoms with Crippen molar-refractivity contribution < 1.29 is 18.0 Å². The molecule has 2 rings (SSSR count). The van der Waals surface area contributed by atoms with Gasteiger partial charge in [-0.2, -0.15) is 23.5 Å². The number of nitriles is 1. The van der Waals surface area contributed by atoms with Gasteiger partial charge in [0.2, 0.25) is 0 Å². The fourth-order valence-electron chi connectivity index (χ4n) is 2.22. The first-order valence-electron chi connectivity index (χ1n) is 7.19. The molecule has 1 atom stereocenters. The molecule has 0 fully saturated rings. The van der Waals surface area contributed by atoms with Crippen LogP contribution >= 0.6 is 0 Å². The number of aromatic amines is 1. The first kappa shape index (κ1) is 17.6. The first-order chi connectivity index (χ1) is 11.2. The largest absolute Gasteiger partial charge is 0.433 e. The van der Waals surface area contributed by atoms with Crippen molar-refractivity contribution in [1.82, 2.24) is 20.1 Å². The summed E-state index contributed by atoms with van der Waals surface area (Å²) in [7, 11) is 0. The van der Waals surface area contributed by atoms with Crippen LogP contribution in [0, 0.1) is 24.2 Å². The second kappa shape index (κ2) is 6.78. The van der Waals surface area contributed by atoms with Crippen LogP contribution in [0.3, 0.4) is 0 Å². The van der Waals surface area contributed by atoms with Gasteiger partial charge in [0.05, 0.1) is 11.3 Å². The summed E-state index contributed by atoms with van der Waals surface area (Å²) < 4.78 is 39.7. The second-order valence-electron chi connectivity index (χ2n) is 5.58. The number of H-pyrrole nitrogens is 1. The average molecular weight is 339 g/mol. The molecule has 2 N–H and O–H groups in total. The summed E-state index contributed by atoms with van der Waals surface area (Å²) in [6, 6.07) is 4.29. The molecule has 0 aliphatic carbocycles. The molecule has 24 heavy (non-hydrogen) atoms. The topological polar surface area (TPSA) is 86.5 Å². The molecule has 0 bridgehead atoms. The Morgan fingerprint density at radius 2 is 2.21 bits per heavy atom. The van der Waals surface area contributed by atoms with E-state index in [1.54, 1.807) is 6.92 Å². The van der Waals surface area contributed by atoms with Gasteiger partial charge in [0.15, 0.2) is 0 Å². The number of carbonyl (C=O) groups is 1. The standard InChI is InChI=1S/C15H16F3N5O/c1-9(6-21-14(24)12-4-11(5-19)7-20-12)8-23-13(15(16,17)18)3-10(2)22-23/h3-4,7,9,20H,6,8H2,1-2H3,(H,21,24)/t9-/m1/s1. The van der Waals surface area contributed by atoms with Gasteiger partial charge in [-0.1, -0.05) is 6.92 Å². The fraction of sp³-hybridized carbons (Fsp3) is 0.400. The van der Waals surface area contributed by atoms with Crippen LogP contribution in [0.5, 0.6) is 0 Å². The molecule has 2 heterocycles. The monoisotopic (exact) mass is 339 g/mol. The normalized spacial score (nSPS) is 12.7. The Kier molecular flexibility index (Phi) is 4.97. The van der Waals surface area contributed by atoms with Crippen LogP contribution in [0.4, 0.5) is 13.2 Å². The van der Waals surface area contributed by atoms with Crippen molar-refractivity contribution in [2.24, 2.45) is 5.92 Å². The lowest BCUT2D eigenvalue weighted by atomic mass is 10.1. The summed E-state index contributed by atoms with van der Waals surface area (Å²) in [5.41, 5.74) is 0.0369. The van der Waals surface area contributed by atoms with Crippen molar-refractivity contribution in [2.45, 2.75) is 26.6 Å². The minimum absolute atomic E-state index is 0.0249. The average Bonchev–Trinajstić information content (AvgIpc) is 3.10. The van der Waals surface area contributed by atoms with E-state index in [-0.39, 0.29) is 30.4 Å². The van der Waals surface area contributed by atoms with Crippen molar-refractivity contribution in [3.05, 3.63) is 41.0 Å². The molecule has 1 amide bonds. The van der Waals surface area contributed by atoms with Crippen LogP contribution in [0.15, 0.2) is 18.3 Å². The molecule has 0 aliphatic heterocycles. The highest BCUT2D eigenvalue weighted by Crippen LogP contribution is 2.30. The van der Waals surface area contributed by atoms with E-state index in [9.17, 15) is 18.0 Å². The van der Waals surface area contributed by atoms with E-state index in [1.807, 2.05) is 6.07 Å². The summed E-state index contributed by atoms with van der Waals surface area (Å²) >= 11 is 0. The number of amides is 1. The highest BCUT2D eigenvalue weighted by Gasteiger charge is 2.35.